The van der Waals surface area contributed by atoms with Gasteiger partial charge in [0.25, 0.3) is 5.91 Å². The van der Waals surface area contributed by atoms with Crippen molar-refractivity contribution in [1.29, 1.82) is 0 Å². The number of piperazine rings is 1. The third-order valence-corrected chi connectivity index (χ3v) is 5.41. The summed E-state index contributed by atoms with van der Waals surface area (Å²) in [5, 5.41) is 10.3. The Balaban J connectivity index is 1.54. The van der Waals surface area contributed by atoms with Gasteiger partial charge in [-0.3, -0.25) is 9.59 Å². The van der Waals surface area contributed by atoms with Crippen LogP contribution in [0, 0.1) is 0 Å². The highest BCUT2D eigenvalue weighted by Crippen LogP contribution is 2.32. The second-order valence-electron chi connectivity index (χ2n) is 6.97. The molecule has 6 nitrogen and oxygen atoms in total. The van der Waals surface area contributed by atoms with Crippen LogP contribution in [0.15, 0.2) is 60.4 Å². The van der Waals surface area contributed by atoms with Crippen molar-refractivity contribution < 1.29 is 14.7 Å². The highest BCUT2D eigenvalue weighted by molar-refractivity contribution is 6.44. The molecule has 0 spiro atoms. The van der Waals surface area contributed by atoms with Crippen LogP contribution in [0.1, 0.15) is 12.5 Å². The number of nitrogens with zero attached hydrogens (tertiary/aromatic N) is 3. The Kier molecular flexibility index (Phi) is 4.88. The van der Waals surface area contributed by atoms with E-state index in [1.807, 2.05) is 18.2 Å². The van der Waals surface area contributed by atoms with Crippen LogP contribution in [0.2, 0.25) is 0 Å². The number of likely N-dealkylation sites (N-methyl/N-ethyl adjacent to an activating group) is 1. The Labute approximate surface area is 164 Å². The fourth-order valence-electron chi connectivity index (χ4n) is 3.75. The zero-order valence-corrected chi connectivity index (χ0v) is 15.8. The average Bonchev–Trinajstić information content (AvgIpc) is 2.97. The summed E-state index contributed by atoms with van der Waals surface area (Å²) in [6.07, 6.45) is 0. The zero-order valence-electron chi connectivity index (χ0n) is 15.8. The van der Waals surface area contributed by atoms with Crippen LogP contribution in [-0.2, 0) is 9.59 Å². The Morgan fingerprint density at radius 2 is 1.43 bits per heavy atom. The Hall–Kier alpha value is -3.12. The van der Waals surface area contributed by atoms with Gasteiger partial charge < -0.3 is 14.9 Å². The van der Waals surface area contributed by atoms with Gasteiger partial charge in [0, 0.05) is 31.9 Å². The summed E-state index contributed by atoms with van der Waals surface area (Å²) in [5.74, 6) is -1.69. The number of hydrogen-bond donors (Lipinski definition) is 1. The maximum Gasteiger partial charge on any atom is 0.301 e. The molecular formula is C22H23N3O3. The minimum absolute atomic E-state index is 0.0466. The molecular weight excluding hydrogens is 354 g/mol. The Morgan fingerprint density at radius 3 is 2.04 bits per heavy atom. The number of benzene rings is 2. The van der Waals surface area contributed by atoms with Crippen LogP contribution in [-0.4, -0.2) is 54.5 Å². The van der Waals surface area contributed by atoms with E-state index in [0.29, 0.717) is 11.3 Å². The lowest BCUT2D eigenvalue weighted by Crippen LogP contribution is -2.46. The number of carbonyl (C=O) groups excluding carboxylic acids is 2. The van der Waals surface area contributed by atoms with E-state index in [-0.39, 0.29) is 5.57 Å². The molecule has 2 aliphatic rings. The quantitative estimate of drug-likeness (QED) is 0.830. The van der Waals surface area contributed by atoms with Crippen LogP contribution >= 0.6 is 0 Å². The lowest BCUT2D eigenvalue weighted by molar-refractivity contribution is -0.121. The molecule has 1 saturated heterocycles. The monoisotopic (exact) mass is 377 g/mol. The molecule has 0 saturated carbocycles. The molecule has 2 heterocycles. The summed E-state index contributed by atoms with van der Waals surface area (Å²) in [6, 6.07) is 16.1. The highest BCUT2D eigenvalue weighted by Gasteiger charge is 2.40. The average molecular weight is 377 g/mol. The molecule has 4 rings (SSSR count). The summed E-state index contributed by atoms with van der Waals surface area (Å²) < 4.78 is 0. The first-order valence-electron chi connectivity index (χ1n) is 9.55. The normalized spacial score (nSPS) is 18.3. The van der Waals surface area contributed by atoms with Crippen LogP contribution in [0.4, 0.5) is 11.4 Å². The number of rotatable bonds is 4. The summed E-state index contributed by atoms with van der Waals surface area (Å²) in [6.45, 7) is 7.19. The number of aliphatic hydroxyl groups is 1. The molecule has 1 fully saturated rings. The maximum absolute atomic E-state index is 12.9. The molecule has 2 aromatic rings. The van der Waals surface area contributed by atoms with Crippen molar-refractivity contribution in [1.82, 2.24) is 4.90 Å². The van der Waals surface area contributed by atoms with Gasteiger partial charge in [0.15, 0.2) is 5.76 Å². The van der Waals surface area contributed by atoms with Crippen molar-refractivity contribution in [2.24, 2.45) is 0 Å². The highest BCUT2D eigenvalue weighted by atomic mass is 16.3. The van der Waals surface area contributed by atoms with Crippen LogP contribution in [0.25, 0.3) is 5.57 Å². The number of anilines is 2. The van der Waals surface area contributed by atoms with Crippen LogP contribution in [0.3, 0.4) is 0 Å². The lowest BCUT2D eigenvalue weighted by atomic mass is 10.1. The Bertz CT molecular complexity index is 914. The maximum atomic E-state index is 12.9. The van der Waals surface area contributed by atoms with E-state index in [0.717, 1.165) is 43.3 Å². The predicted molar refractivity (Wildman–Crippen MR) is 109 cm³/mol. The van der Waals surface area contributed by atoms with Crippen LogP contribution < -0.4 is 9.80 Å². The van der Waals surface area contributed by atoms with Gasteiger partial charge in [-0.1, -0.05) is 37.3 Å². The number of amides is 2. The van der Waals surface area contributed by atoms with Crippen molar-refractivity contribution in [2.75, 3.05) is 42.5 Å². The summed E-state index contributed by atoms with van der Waals surface area (Å²) in [5.41, 5.74) is 2.11. The van der Waals surface area contributed by atoms with E-state index >= 15 is 0 Å². The second kappa shape index (κ2) is 7.48. The molecule has 0 atom stereocenters. The van der Waals surface area contributed by atoms with Crippen molar-refractivity contribution in [3.63, 3.8) is 0 Å². The fraction of sp³-hybridized carbons (Fsp3) is 0.273. The van der Waals surface area contributed by atoms with E-state index in [4.69, 9.17) is 0 Å². The first-order valence-corrected chi connectivity index (χ1v) is 9.55. The van der Waals surface area contributed by atoms with Gasteiger partial charge in [-0.15, -0.1) is 0 Å². The van der Waals surface area contributed by atoms with E-state index in [2.05, 4.69) is 16.7 Å². The zero-order chi connectivity index (χ0) is 19.7. The third-order valence-electron chi connectivity index (χ3n) is 5.41. The van der Waals surface area contributed by atoms with E-state index in [1.54, 1.807) is 36.4 Å². The number of aliphatic hydroxyl groups excluding tert-OH is 1. The minimum atomic E-state index is -0.687. The molecule has 28 heavy (non-hydrogen) atoms. The lowest BCUT2D eigenvalue weighted by Gasteiger charge is -2.35. The van der Waals surface area contributed by atoms with Gasteiger partial charge in [0.1, 0.15) is 0 Å². The van der Waals surface area contributed by atoms with Crippen molar-refractivity contribution in [3.05, 3.63) is 65.9 Å². The molecule has 0 radical (unpaired) electrons. The van der Waals surface area contributed by atoms with Crippen molar-refractivity contribution >= 4 is 28.8 Å². The molecule has 6 heteroatoms. The molecule has 0 unspecified atom stereocenters. The van der Waals surface area contributed by atoms with Gasteiger partial charge in [-0.2, -0.15) is 0 Å². The van der Waals surface area contributed by atoms with Gasteiger partial charge in [-0.05, 0) is 36.4 Å². The Morgan fingerprint density at radius 1 is 0.821 bits per heavy atom. The van der Waals surface area contributed by atoms with E-state index < -0.39 is 17.6 Å². The SMILES string of the molecule is CCN1CCN(c2ccc(N3C(=O)C(O)=C(c4ccccc4)C3=O)cc2)CC1. The predicted octanol–water partition coefficient (Wildman–Crippen LogP) is 2.67. The summed E-state index contributed by atoms with van der Waals surface area (Å²) in [7, 11) is 0. The van der Waals surface area contributed by atoms with Crippen LogP contribution in [0.5, 0.6) is 0 Å². The third kappa shape index (κ3) is 3.16. The number of hydrogen-bond acceptors (Lipinski definition) is 5. The van der Waals surface area contributed by atoms with Gasteiger partial charge in [0.2, 0.25) is 0 Å². The molecule has 0 aromatic heterocycles. The number of imide groups is 1. The van der Waals surface area contributed by atoms with Gasteiger partial charge in [0.05, 0.1) is 11.3 Å². The van der Waals surface area contributed by atoms with Gasteiger partial charge >= 0.3 is 5.91 Å². The first kappa shape index (κ1) is 18.3. The molecule has 0 bridgehead atoms. The largest absolute Gasteiger partial charge is 0.502 e. The second-order valence-corrected chi connectivity index (χ2v) is 6.97. The smallest absolute Gasteiger partial charge is 0.301 e. The minimum Gasteiger partial charge on any atom is -0.502 e. The van der Waals surface area contributed by atoms with E-state index in [9.17, 15) is 14.7 Å². The van der Waals surface area contributed by atoms with Crippen molar-refractivity contribution in [2.45, 2.75) is 6.92 Å². The molecule has 144 valence electrons. The standard InChI is InChI=1S/C22H23N3O3/c1-2-23-12-14-24(15-13-23)17-8-10-18(11-9-17)25-21(27)19(20(26)22(25)28)16-6-4-3-5-7-16/h3-11,26H,2,12-15H2,1H3. The van der Waals surface area contributed by atoms with E-state index in [1.165, 1.54) is 0 Å². The van der Waals surface area contributed by atoms with Gasteiger partial charge in [-0.25, -0.2) is 4.90 Å². The van der Waals surface area contributed by atoms with Crippen molar-refractivity contribution in [3.8, 4) is 0 Å². The molecule has 2 aromatic carbocycles. The molecule has 2 aliphatic heterocycles. The molecule has 2 amide bonds. The summed E-state index contributed by atoms with van der Waals surface area (Å²) in [4.78, 5) is 31.1. The molecule has 0 aliphatic carbocycles. The molecule has 1 N–H and O–H groups in total. The number of carbonyl (C=O) groups is 2. The first-order chi connectivity index (χ1) is 13.6. The topological polar surface area (TPSA) is 64.1 Å². The summed E-state index contributed by atoms with van der Waals surface area (Å²) >= 11 is 0. The fourth-order valence-corrected chi connectivity index (χ4v) is 3.75.